The number of nitrogens with one attached hydrogen (secondary N) is 2. The van der Waals surface area contributed by atoms with Crippen LogP contribution in [0.2, 0.25) is 0 Å². The van der Waals surface area contributed by atoms with E-state index in [4.69, 9.17) is 13.9 Å². The van der Waals surface area contributed by atoms with E-state index in [2.05, 4.69) is 10.6 Å². The molecule has 1 amide bonds. The highest BCUT2D eigenvalue weighted by atomic mass is 35.5. The zero-order valence-corrected chi connectivity index (χ0v) is 19.7. The Labute approximate surface area is 200 Å². The minimum Gasteiger partial charge on any atom is -0.457 e. The van der Waals surface area contributed by atoms with Gasteiger partial charge in [-0.25, -0.2) is 4.79 Å². The first kappa shape index (κ1) is 24.0. The summed E-state index contributed by atoms with van der Waals surface area (Å²) >= 11 is 0. The van der Waals surface area contributed by atoms with Crippen molar-refractivity contribution >= 4 is 40.9 Å². The lowest BCUT2D eigenvalue weighted by Gasteiger charge is -2.30. The van der Waals surface area contributed by atoms with Crippen molar-refractivity contribution in [2.75, 3.05) is 25.1 Å². The second-order valence-electron chi connectivity index (χ2n) is 9.37. The van der Waals surface area contributed by atoms with Crippen LogP contribution >= 0.6 is 12.4 Å². The maximum absolute atomic E-state index is 13.0. The Morgan fingerprint density at radius 3 is 2.70 bits per heavy atom. The van der Waals surface area contributed by atoms with Crippen LogP contribution in [-0.2, 0) is 14.3 Å². The maximum atomic E-state index is 13.0. The third-order valence-electron chi connectivity index (χ3n) is 7.22. The smallest absolute Gasteiger partial charge is 0.374 e. The molecule has 5 rings (SSSR count). The lowest BCUT2D eigenvalue weighted by molar-refractivity contribution is -0.119. The van der Waals surface area contributed by atoms with Crippen molar-refractivity contribution in [3.8, 4) is 0 Å². The number of hydrogen-bond donors (Lipinski definition) is 2. The summed E-state index contributed by atoms with van der Waals surface area (Å²) in [7, 11) is 0. The van der Waals surface area contributed by atoms with Crippen LogP contribution in [-0.4, -0.2) is 43.8 Å². The molecule has 2 aromatic rings. The molecule has 3 aliphatic rings. The predicted octanol–water partition coefficient (Wildman–Crippen LogP) is 4.69. The third-order valence-corrected chi connectivity index (χ3v) is 7.22. The van der Waals surface area contributed by atoms with Gasteiger partial charge in [0, 0.05) is 17.7 Å². The predicted molar refractivity (Wildman–Crippen MR) is 128 cm³/mol. The molecule has 1 aromatic heterocycles. The lowest BCUT2D eigenvalue weighted by atomic mass is 9.76. The average molecular weight is 477 g/mol. The molecule has 7 nitrogen and oxygen atoms in total. The Morgan fingerprint density at radius 2 is 1.91 bits per heavy atom. The Hall–Kier alpha value is -2.09. The van der Waals surface area contributed by atoms with E-state index >= 15 is 0 Å². The number of anilines is 1. The zero-order chi connectivity index (χ0) is 21.9. The highest BCUT2D eigenvalue weighted by Gasteiger charge is 2.38. The van der Waals surface area contributed by atoms with Gasteiger partial charge in [-0.1, -0.05) is 32.1 Å². The topological polar surface area (TPSA) is 89.8 Å². The molecule has 180 valence electrons. The fraction of sp³-hybridized carbons (Fsp3) is 0.600. The highest BCUT2D eigenvalue weighted by Crippen LogP contribution is 2.36. The van der Waals surface area contributed by atoms with Crippen molar-refractivity contribution in [2.24, 2.45) is 11.8 Å². The largest absolute Gasteiger partial charge is 0.457 e. The second kappa shape index (κ2) is 10.9. The van der Waals surface area contributed by atoms with Crippen LogP contribution in [0, 0.1) is 11.8 Å². The Morgan fingerprint density at radius 1 is 1.06 bits per heavy atom. The molecule has 2 N–H and O–H groups in total. The van der Waals surface area contributed by atoms with Crippen molar-refractivity contribution in [1.82, 2.24) is 5.32 Å². The van der Waals surface area contributed by atoms with Gasteiger partial charge in [0.15, 0.2) is 0 Å². The van der Waals surface area contributed by atoms with Gasteiger partial charge in [-0.05, 0) is 61.9 Å². The number of amides is 1. The molecule has 1 saturated carbocycles. The van der Waals surface area contributed by atoms with Crippen LogP contribution in [0.1, 0.15) is 61.9 Å². The lowest BCUT2D eigenvalue weighted by Crippen LogP contribution is -2.42. The first-order valence-corrected chi connectivity index (χ1v) is 12.0. The minimum absolute atomic E-state index is 0. The number of fused-ring (bicyclic) bond motifs is 1. The molecule has 3 atom stereocenters. The Bertz CT molecular complexity index is 965. The first-order chi connectivity index (χ1) is 15.7. The standard InChI is InChI=1S/C25H32N2O5.ClH/c28-24(23-20(10-11-26-23)16-5-2-1-3-6-16)27-18-8-9-21-17(13-18)14-22(32-21)25(29)31-15-19-7-4-12-30-19;/h8-9,13-14,16,19-20,23,26H,1-7,10-12,15H2,(H,27,28);1H/t19-,20-,23-;/m0./s1. The van der Waals surface area contributed by atoms with Crippen molar-refractivity contribution in [1.29, 1.82) is 0 Å². The number of hydrogen-bond acceptors (Lipinski definition) is 6. The van der Waals surface area contributed by atoms with E-state index in [0.29, 0.717) is 23.1 Å². The third kappa shape index (κ3) is 5.53. The van der Waals surface area contributed by atoms with E-state index in [1.165, 1.54) is 32.1 Å². The Balaban J connectivity index is 0.00000259. The molecule has 3 heterocycles. The van der Waals surface area contributed by atoms with Crippen LogP contribution in [0.4, 0.5) is 5.69 Å². The van der Waals surface area contributed by atoms with E-state index < -0.39 is 5.97 Å². The van der Waals surface area contributed by atoms with Crippen LogP contribution in [0.15, 0.2) is 28.7 Å². The van der Waals surface area contributed by atoms with E-state index in [-0.39, 0.29) is 42.8 Å². The summed E-state index contributed by atoms with van der Waals surface area (Å²) in [6, 6.07) is 6.97. The van der Waals surface area contributed by atoms with E-state index in [9.17, 15) is 9.59 Å². The zero-order valence-electron chi connectivity index (χ0n) is 18.8. The van der Waals surface area contributed by atoms with Gasteiger partial charge in [0.05, 0.1) is 12.1 Å². The molecule has 1 aromatic carbocycles. The van der Waals surface area contributed by atoms with Crippen LogP contribution < -0.4 is 10.6 Å². The SMILES string of the molecule is Cl.O=C(OC[C@@H]1CCCO1)c1cc2cc(NC(=O)[C@H]3NCC[C@H]3C3CCCCC3)ccc2o1. The monoisotopic (exact) mass is 476 g/mol. The number of ether oxygens (including phenoxy) is 2. The normalized spacial score (nSPS) is 25.6. The molecule has 33 heavy (non-hydrogen) atoms. The Kier molecular flexibility index (Phi) is 7.94. The molecule has 0 unspecified atom stereocenters. The van der Waals surface area contributed by atoms with Gasteiger partial charge in [-0.2, -0.15) is 0 Å². The molecular weight excluding hydrogens is 444 g/mol. The summed E-state index contributed by atoms with van der Waals surface area (Å²) in [5, 5.41) is 7.24. The molecule has 0 spiro atoms. The summed E-state index contributed by atoms with van der Waals surface area (Å²) in [5.41, 5.74) is 1.30. The van der Waals surface area contributed by atoms with Gasteiger partial charge in [0.25, 0.3) is 0 Å². The summed E-state index contributed by atoms with van der Waals surface area (Å²) in [6.07, 6.45) is 9.32. The summed E-state index contributed by atoms with van der Waals surface area (Å²) < 4.78 is 16.5. The van der Waals surface area contributed by atoms with Crippen LogP contribution in [0.25, 0.3) is 11.0 Å². The van der Waals surface area contributed by atoms with Gasteiger partial charge >= 0.3 is 5.97 Å². The number of benzene rings is 1. The number of halogens is 1. The van der Waals surface area contributed by atoms with Crippen molar-refractivity contribution < 1.29 is 23.5 Å². The van der Waals surface area contributed by atoms with Gasteiger partial charge in [-0.3, -0.25) is 4.79 Å². The van der Waals surface area contributed by atoms with Gasteiger partial charge in [-0.15, -0.1) is 12.4 Å². The summed E-state index contributed by atoms with van der Waals surface area (Å²) in [6.45, 7) is 1.87. The molecule has 8 heteroatoms. The molecule has 2 aliphatic heterocycles. The number of rotatable bonds is 6. The summed E-state index contributed by atoms with van der Waals surface area (Å²) in [4.78, 5) is 25.4. The number of furan rings is 1. The van der Waals surface area contributed by atoms with E-state index in [0.717, 1.165) is 37.8 Å². The van der Waals surface area contributed by atoms with Gasteiger partial charge < -0.3 is 24.5 Å². The molecule has 1 aliphatic carbocycles. The fourth-order valence-corrected chi connectivity index (χ4v) is 5.54. The minimum atomic E-state index is -0.493. The second-order valence-corrected chi connectivity index (χ2v) is 9.37. The average Bonchev–Trinajstić information content (AvgIpc) is 3.58. The van der Waals surface area contributed by atoms with E-state index in [1.54, 1.807) is 12.1 Å². The molecule has 3 fully saturated rings. The quantitative estimate of drug-likeness (QED) is 0.588. The molecule has 0 bridgehead atoms. The maximum Gasteiger partial charge on any atom is 0.374 e. The van der Waals surface area contributed by atoms with E-state index in [1.807, 2.05) is 12.1 Å². The van der Waals surface area contributed by atoms with Crippen molar-refractivity contribution in [3.05, 3.63) is 30.0 Å². The number of carbonyl (C=O) groups is 2. The molecule has 2 saturated heterocycles. The fourth-order valence-electron chi connectivity index (χ4n) is 5.54. The van der Waals surface area contributed by atoms with Gasteiger partial charge in [0.2, 0.25) is 11.7 Å². The highest BCUT2D eigenvalue weighted by molar-refractivity contribution is 5.98. The number of carbonyl (C=O) groups excluding carboxylic acids is 2. The summed E-state index contributed by atoms with van der Waals surface area (Å²) in [5.74, 6) is 0.758. The number of esters is 1. The molecule has 0 radical (unpaired) electrons. The van der Waals surface area contributed by atoms with Crippen LogP contribution in [0.3, 0.4) is 0 Å². The van der Waals surface area contributed by atoms with Crippen molar-refractivity contribution in [3.63, 3.8) is 0 Å². The van der Waals surface area contributed by atoms with Gasteiger partial charge in [0.1, 0.15) is 12.2 Å². The molecular formula is C25H33ClN2O5. The van der Waals surface area contributed by atoms with Crippen LogP contribution in [0.5, 0.6) is 0 Å². The van der Waals surface area contributed by atoms with Crippen molar-refractivity contribution in [2.45, 2.75) is 63.5 Å². The first-order valence-electron chi connectivity index (χ1n) is 12.0.